The van der Waals surface area contributed by atoms with Crippen molar-refractivity contribution in [2.75, 3.05) is 18.4 Å². The van der Waals surface area contributed by atoms with Crippen LogP contribution in [0.1, 0.15) is 5.56 Å². The van der Waals surface area contributed by atoms with Crippen molar-refractivity contribution in [2.45, 2.75) is 6.42 Å². The minimum atomic E-state index is -0.250. The van der Waals surface area contributed by atoms with E-state index in [4.69, 9.17) is 0 Å². The molecule has 1 amide bonds. The van der Waals surface area contributed by atoms with E-state index in [1.807, 2.05) is 24.3 Å². The highest BCUT2D eigenvalue weighted by molar-refractivity contribution is 9.10. The van der Waals surface area contributed by atoms with Gasteiger partial charge in [-0.15, -0.1) is 0 Å². The summed E-state index contributed by atoms with van der Waals surface area (Å²) in [7, 11) is 0. The van der Waals surface area contributed by atoms with Crippen LogP contribution >= 0.6 is 15.9 Å². The fourth-order valence-corrected chi connectivity index (χ4v) is 2.26. The van der Waals surface area contributed by atoms with Gasteiger partial charge in [0.25, 0.3) is 0 Å². The normalized spacial score (nSPS) is 10.2. The summed E-state index contributed by atoms with van der Waals surface area (Å²) in [4.78, 5) is 11.7. The van der Waals surface area contributed by atoms with Gasteiger partial charge in [0.15, 0.2) is 0 Å². The molecule has 0 atom stereocenters. The van der Waals surface area contributed by atoms with Gasteiger partial charge in [-0.25, -0.2) is 4.39 Å². The quantitative estimate of drug-likeness (QED) is 0.838. The highest BCUT2D eigenvalue weighted by Crippen LogP contribution is 2.20. The summed E-state index contributed by atoms with van der Waals surface area (Å²) in [5.41, 5.74) is 1.88. The maximum atomic E-state index is 12.7. The second-order valence-electron chi connectivity index (χ2n) is 4.56. The molecule has 0 unspecified atom stereocenters. The summed E-state index contributed by atoms with van der Waals surface area (Å²) < 4.78 is 13.7. The molecule has 0 saturated carbocycles. The third-order valence-corrected chi connectivity index (χ3v) is 3.65. The van der Waals surface area contributed by atoms with Crippen LogP contribution in [0.15, 0.2) is 53.0 Å². The lowest BCUT2D eigenvalue weighted by molar-refractivity contribution is -0.119. The molecule has 110 valence electrons. The fourth-order valence-electron chi connectivity index (χ4n) is 1.84. The van der Waals surface area contributed by atoms with Crippen molar-refractivity contribution in [2.24, 2.45) is 0 Å². The van der Waals surface area contributed by atoms with Crippen molar-refractivity contribution in [3.63, 3.8) is 0 Å². The van der Waals surface area contributed by atoms with E-state index in [-0.39, 0.29) is 18.3 Å². The largest absolute Gasteiger partial charge is 0.375 e. The Morgan fingerprint density at radius 1 is 1.10 bits per heavy atom. The Morgan fingerprint density at radius 2 is 1.81 bits per heavy atom. The number of hydrogen-bond donors (Lipinski definition) is 2. The van der Waals surface area contributed by atoms with Crippen molar-refractivity contribution in [3.05, 3.63) is 64.4 Å². The van der Waals surface area contributed by atoms with Crippen LogP contribution in [0.25, 0.3) is 0 Å². The summed E-state index contributed by atoms with van der Waals surface area (Å²) in [5, 5.41) is 5.89. The van der Waals surface area contributed by atoms with Crippen LogP contribution in [0, 0.1) is 5.82 Å². The predicted molar refractivity (Wildman–Crippen MR) is 85.7 cm³/mol. The predicted octanol–water partition coefficient (Wildman–Crippen LogP) is 3.36. The van der Waals surface area contributed by atoms with E-state index in [2.05, 4.69) is 26.6 Å². The zero-order valence-electron chi connectivity index (χ0n) is 11.4. The molecule has 0 fully saturated rings. The van der Waals surface area contributed by atoms with Crippen molar-refractivity contribution in [1.29, 1.82) is 0 Å². The average molecular weight is 351 g/mol. The number of carbonyl (C=O) groups excluding carboxylic acids is 1. The highest BCUT2D eigenvalue weighted by atomic mass is 79.9. The van der Waals surface area contributed by atoms with Gasteiger partial charge in [0.2, 0.25) is 5.91 Å². The second-order valence-corrected chi connectivity index (χ2v) is 5.41. The molecule has 2 N–H and O–H groups in total. The third kappa shape index (κ3) is 5.19. The van der Waals surface area contributed by atoms with E-state index in [0.717, 1.165) is 15.7 Å². The average Bonchev–Trinajstić information content (AvgIpc) is 2.48. The first-order valence-electron chi connectivity index (χ1n) is 6.65. The highest BCUT2D eigenvalue weighted by Gasteiger charge is 2.03. The molecule has 0 aromatic heterocycles. The molecular weight excluding hydrogens is 335 g/mol. The number of rotatable bonds is 6. The van der Waals surface area contributed by atoms with E-state index in [1.54, 1.807) is 12.1 Å². The summed E-state index contributed by atoms with van der Waals surface area (Å²) in [6.45, 7) is 0.744. The molecule has 2 rings (SSSR count). The summed E-state index contributed by atoms with van der Waals surface area (Å²) in [5.74, 6) is -0.326. The maximum Gasteiger partial charge on any atom is 0.239 e. The number of carbonyl (C=O) groups is 1. The molecule has 2 aromatic rings. The molecule has 0 aliphatic rings. The van der Waals surface area contributed by atoms with Gasteiger partial charge in [0.05, 0.1) is 6.54 Å². The van der Waals surface area contributed by atoms with E-state index >= 15 is 0 Å². The minimum Gasteiger partial charge on any atom is -0.375 e. The standard InChI is InChI=1S/C16H16BrFN2O/c17-14-3-1-2-4-15(14)20-11-16(21)19-10-9-12-5-7-13(18)8-6-12/h1-8,20H,9-11H2,(H,19,21). The number of anilines is 1. The Balaban J connectivity index is 1.70. The molecule has 21 heavy (non-hydrogen) atoms. The van der Waals surface area contributed by atoms with E-state index in [9.17, 15) is 9.18 Å². The number of halogens is 2. The van der Waals surface area contributed by atoms with Gasteiger partial charge in [0, 0.05) is 16.7 Å². The van der Waals surface area contributed by atoms with Gasteiger partial charge >= 0.3 is 0 Å². The van der Waals surface area contributed by atoms with Gasteiger partial charge < -0.3 is 10.6 Å². The van der Waals surface area contributed by atoms with E-state index < -0.39 is 0 Å². The number of amides is 1. The number of para-hydroxylation sites is 1. The van der Waals surface area contributed by atoms with Gasteiger partial charge in [-0.1, -0.05) is 24.3 Å². The van der Waals surface area contributed by atoms with Gasteiger partial charge in [-0.05, 0) is 52.2 Å². The number of nitrogens with one attached hydrogen (secondary N) is 2. The summed E-state index contributed by atoms with van der Waals surface area (Å²) in [6.07, 6.45) is 0.682. The first-order valence-corrected chi connectivity index (χ1v) is 7.44. The second kappa shape index (κ2) is 7.78. The summed E-state index contributed by atoms with van der Waals surface area (Å²) >= 11 is 3.41. The molecule has 0 aliphatic heterocycles. The Hall–Kier alpha value is -1.88. The smallest absolute Gasteiger partial charge is 0.239 e. The van der Waals surface area contributed by atoms with Crippen molar-refractivity contribution >= 4 is 27.5 Å². The number of hydrogen-bond acceptors (Lipinski definition) is 2. The zero-order valence-corrected chi connectivity index (χ0v) is 13.0. The van der Waals surface area contributed by atoms with Crippen molar-refractivity contribution < 1.29 is 9.18 Å². The van der Waals surface area contributed by atoms with Crippen LogP contribution < -0.4 is 10.6 Å². The van der Waals surface area contributed by atoms with Crippen LogP contribution in [-0.2, 0) is 11.2 Å². The minimum absolute atomic E-state index is 0.0761. The topological polar surface area (TPSA) is 41.1 Å². The number of benzene rings is 2. The van der Waals surface area contributed by atoms with Gasteiger partial charge in [-0.2, -0.15) is 0 Å². The lowest BCUT2D eigenvalue weighted by Gasteiger charge is -2.09. The first-order chi connectivity index (χ1) is 10.1. The SMILES string of the molecule is O=C(CNc1ccccc1Br)NCCc1ccc(F)cc1. The Labute approximate surface area is 131 Å². The lowest BCUT2D eigenvalue weighted by Crippen LogP contribution is -2.31. The first kappa shape index (κ1) is 15.5. The van der Waals surface area contributed by atoms with Gasteiger partial charge in [0.1, 0.15) is 5.82 Å². The summed E-state index contributed by atoms with van der Waals surface area (Å²) in [6, 6.07) is 13.9. The molecule has 2 aromatic carbocycles. The Bertz CT molecular complexity index is 601. The van der Waals surface area contributed by atoms with Crippen LogP contribution in [0.5, 0.6) is 0 Å². The fraction of sp³-hybridized carbons (Fsp3) is 0.188. The molecule has 0 spiro atoms. The van der Waals surface area contributed by atoms with Crippen LogP contribution in [-0.4, -0.2) is 19.0 Å². The molecule has 0 heterocycles. The third-order valence-electron chi connectivity index (χ3n) is 2.96. The Kier molecular flexibility index (Phi) is 5.75. The van der Waals surface area contributed by atoms with Crippen molar-refractivity contribution in [1.82, 2.24) is 5.32 Å². The molecular formula is C16H16BrFN2O. The van der Waals surface area contributed by atoms with Crippen LogP contribution in [0.4, 0.5) is 10.1 Å². The van der Waals surface area contributed by atoms with Crippen molar-refractivity contribution in [3.8, 4) is 0 Å². The van der Waals surface area contributed by atoms with Crippen LogP contribution in [0.2, 0.25) is 0 Å². The maximum absolute atomic E-state index is 12.7. The Morgan fingerprint density at radius 3 is 2.52 bits per heavy atom. The van der Waals surface area contributed by atoms with E-state index in [0.29, 0.717) is 13.0 Å². The molecule has 0 saturated heterocycles. The molecule has 0 bridgehead atoms. The lowest BCUT2D eigenvalue weighted by atomic mass is 10.1. The molecule has 5 heteroatoms. The molecule has 0 aliphatic carbocycles. The molecule has 0 radical (unpaired) electrons. The zero-order chi connectivity index (χ0) is 15.1. The monoisotopic (exact) mass is 350 g/mol. The molecule has 3 nitrogen and oxygen atoms in total. The van der Waals surface area contributed by atoms with Gasteiger partial charge in [-0.3, -0.25) is 4.79 Å². The van der Waals surface area contributed by atoms with Crippen LogP contribution in [0.3, 0.4) is 0 Å². The van der Waals surface area contributed by atoms with E-state index in [1.165, 1.54) is 12.1 Å².